The van der Waals surface area contributed by atoms with Crippen molar-refractivity contribution >= 4 is 21.6 Å². The molecule has 0 spiro atoms. The molecular weight excluding hydrogens is 388 g/mol. The summed E-state index contributed by atoms with van der Waals surface area (Å²) in [6.07, 6.45) is 4.30. The number of ether oxygens (including phenoxy) is 1. The minimum absolute atomic E-state index is 0.0415. The SMILES string of the molecule is CC(C)Oc1ccc(NC(=O)CCNS(=O)(=O)c2ccc3c(c2)CCCC3)cc1. The number of aryl methyl sites for hydroxylation is 2. The Kier molecular flexibility index (Phi) is 6.92. The van der Waals surface area contributed by atoms with E-state index in [9.17, 15) is 13.2 Å². The largest absolute Gasteiger partial charge is 0.491 e. The molecule has 0 radical (unpaired) electrons. The molecule has 1 aliphatic rings. The topological polar surface area (TPSA) is 84.5 Å². The average molecular weight is 417 g/mol. The fraction of sp³-hybridized carbons (Fsp3) is 0.409. The molecule has 2 N–H and O–H groups in total. The van der Waals surface area contributed by atoms with E-state index in [-0.39, 0.29) is 29.9 Å². The van der Waals surface area contributed by atoms with Gasteiger partial charge in [-0.3, -0.25) is 4.79 Å². The molecule has 1 amide bonds. The lowest BCUT2D eigenvalue weighted by Crippen LogP contribution is -2.28. The number of rotatable bonds is 8. The summed E-state index contributed by atoms with van der Waals surface area (Å²) in [7, 11) is -3.63. The molecule has 7 heteroatoms. The molecule has 6 nitrogen and oxygen atoms in total. The highest BCUT2D eigenvalue weighted by Gasteiger charge is 2.17. The first-order chi connectivity index (χ1) is 13.8. The summed E-state index contributed by atoms with van der Waals surface area (Å²) in [5, 5.41) is 2.76. The average Bonchev–Trinajstić information content (AvgIpc) is 2.68. The number of nitrogens with one attached hydrogen (secondary N) is 2. The van der Waals surface area contributed by atoms with E-state index in [4.69, 9.17) is 4.74 Å². The highest BCUT2D eigenvalue weighted by Crippen LogP contribution is 2.24. The Morgan fingerprint density at radius 1 is 1.03 bits per heavy atom. The molecule has 0 heterocycles. The minimum Gasteiger partial charge on any atom is -0.491 e. The highest BCUT2D eigenvalue weighted by molar-refractivity contribution is 7.89. The van der Waals surface area contributed by atoms with E-state index in [1.807, 2.05) is 19.9 Å². The van der Waals surface area contributed by atoms with Gasteiger partial charge in [0.05, 0.1) is 11.0 Å². The number of fused-ring (bicyclic) bond motifs is 1. The Morgan fingerprint density at radius 3 is 2.41 bits per heavy atom. The van der Waals surface area contributed by atoms with E-state index >= 15 is 0 Å². The van der Waals surface area contributed by atoms with E-state index in [0.717, 1.165) is 37.0 Å². The van der Waals surface area contributed by atoms with E-state index in [2.05, 4.69) is 10.0 Å². The number of sulfonamides is 1. The van der Waals surface area contributed by atoms with Crippen molar-refractivity contribution in [1.29, 1.82) is 0 Å². The number of anilines is 1. The predicted molar refractivity (Wildman–Crippen MR) is 114 cm³/mol. The maximum Gasteiger partial charge on any atom is 0.240 e. The molecule has 29 heavy (non-hydrogen) atoms. The number of benzene rings is 2. The van der Waals surface area contributed by atoms with Gasteiger partial charge in [-0.2, -0.15) is 0 Å². The number of hydrogen-bond donors (Lipinski definition) is 2. The Labute approximate surface area is 172 Å². The van der Waals surface area contributed by atoms with E-state index in [1.165, 1.54) is 5.56 Å². The molecule has 0 saturated carbocycles. The van der Waals surface area contributed by atoms with Crippen LogP contribution in [0.5, 0.6) is 5.75 Å². The zero-order valence-electron chi connectivity index (χ0n) is 16.9. The van der Waals surface area contributed by atoms with Crippen LogP contribution in [0.25, 0.3) is 0 Å². The number of amides is 1. The third-order valence-electron chi connectivity index (χ3n) is 4.78. The van der Waals surface area contributed by atoms with Crippen LogP contribution < -0.4 is 14.8 Å². The first-order valence-electron chi connectivity index (χ1n) is 10.0. The van der Waals surface area contributed by atoms with Crippen LogP contribution in [0.3, 0.4) is 0 Å². The number of carbonyl (C=O) groups is 1. The minimum atomic E-state index is -3.63. The van der Waals surface area contributed by atoms with Crippen LogP contribution in [-0.4, -0.2) is 27.0 Å². The number of carbonyl (C=O) groups excluding carboxylic acids is 1. The summed E-state index contributed by atoms with van der Waals surface area (Å²) in [5.74, 6) is 0.478. The van der Waals surface area contributed by atoms with Crippen LogP contribution in [0.1, 0.15) is 44.2 Å². The molecule has 0 unspecified atom stereocenters. The zero-order valence-corrected chi connectivity index (χ0v) is 17.7. The van der Waals surface area contributed by atoms with Crippen molar-refractivity contribution in [2.24, 2.45) is 0 Å². The van der Waals surface area contributed by atoms with Gasteiger partial charge in [-0.25, -0.2) is 13.1 Å². The van der Waals surface area contributed by atoms with Crippen LogP contribution >= 0.6 is 0 Å². The van der Waals surface area contributed by atoms with Crippen LogP contribution in [0.2, 0.25) is 0 Å². The highest BCUT2D eigenvalue weighted by atomic mass is 32.2. The Bertz CT molecular complexity index is 953. The normalized spacial score (nSPS) is 13.8. The van der Waals surface area contributed by atoms with E-state index in [1.54, 1.807) is 36.4 Å². The van der Waals surface area contributed by atoms with Crippen molar-refractivity contribution in [2.75, 3.05) is 11.9 Å². The zero-order chi connectivity index (χ0) is 20.9. The maximum atomic E-state index is 12.5. The van der Waals surface area contributed by atoms with Crippen molar-refractivity contribution in [2.45, 2.75) is 57.0 Å². The van der Waals surface area contributed by atoms with Gasteiger partial charge < -0.3 is 10.1 Å². The smallest absolute Gasteiger partial charge is 0.240 e. The Hall–Kier alpha value is -2.38. The number of hydrogen-bond acceptors (Lipinski definition) is 4. The summed E-state index contributed by atoms with van der Waals surface area (Å²) in [4.78, 5) is 12.4. The molecule has 156 valence electrons. The molecule has 0 bridgehead atoms. The molecule has 0 aliphatic heterocycles. The third-order valence-corrected chi connectivity index (χ3v) is 6.24. The van der Waals surface area contributed by atoms with Gasteiger partial charge in [-0.1, -0.05) is 6.07 Å². The molecule has 0 fully saturated rings. The van der Waals surface area contributed by atoms with Crippen molar-refractivity contribution in [3.8, 4) is 5.75 Å². The lowest BCUT2D eigenvalue weighted by molar-refractivity contribution is -0.116. The standard InChI is InChI=1S/C22H28N2O4S/c1-16(2)28-20-10-8-19(9-11-20)24-22(25)13-14-23-29(26,27)21-12-7-17-5-3-4-6-18(17)15-21/h7-12,15-16,23H,3-6,13-14H2,1-2H3,(H,24,25). The lowest BCUT2D eigenvalue weighted by Gasteiger charge is -2.16. The third kappa shape index (κ3) is 6.05. The summed E-state index contributed by atoms with van der Waals surface area (Å²) < 4.78 is 33.1. The molecule has 2 aromatic rings. The van der Waals surface area contributed by atoms with Crippen LogP contribution in [0.4, 0.5) is 5.69 Å². The second kappa shape index (κ2) is 9.41. The van der Waals surface area contributed by atoms with Crippen LogP contribution in [0, 0.1) is 0 Å². The van der Waals surface area contributed by atoms with E-state index < -0.39 is 10.0 Å². The fourth-order valence-electron chi connectivity index (χ4n) is 3.37. The van der Waals surface area contributed by atoms with Crippen molar-refractivity contribution in [1.82, 2.24) is 4.72 Å². The van der Waals surface area contributed by atoms with Crippen molar-refractivity contribution < 1.29 is 17.9 Å². The molecule has 3 rings (SSSR count). The van der Waals surface area contributed by atoms with Crippen molar-refractivity contribution in [3.63, 3.8) is 0 Å². The van der Waals surface area contributed by atoms with Gasteiger partial charge in [0.2, 0.25) is 15.9 Å². The van der Waals surface area contributed by atoms with Gasteiger partial charge in [-0.15, -0.1) is 0 Å². The molecule has 0 atom stereocenters. The monoisotopic (exact) mass is 416 g/mol. The van der Waals surface area contributed by atoms with Gasteiger partial charge in [-0.05, 0) is 87.1 Å². The van der Waals surface area contributed by atoms with Gasteiger partial charge in [0.1, 0.15) is 5.75 Å². The second-order valence-corrected chi connectivity index (χ2v) is 9.29. The predicted octanol–water partition coefficient (Wildman–Crippen LogP) is 3.66. The first kappa shape index (κ1) is 21.3. The molecule has 2 aromatic carbocycles. The van der Waals surface area contributed by atoms with Crippen LogP contribution in [0.15, 0.2) is 47.4 Å². The van der Waals surface area contributed by atoms with Gasteiger partial charge in [0, 0.05) is 18.7 Å². The van der Waals surface area contributed by atoms with E-state index in [0.29, 0.717) is 5.69 Å². The molecular formula is C22H28N2O4S. The lowest BCUT2D eigenvalue weighted by atomic mass is 9.92. The summed E-state index contributed by atoms with van der Waals surface area (Å²) >= 11 is 0. The Balaban J connectivity index is 1.50. The van der Waals surface area contributed by atoms with Gasteiger partial charge in [0.25, 0.3) is 0 Å². The molecule has 1 aliphatic carbocycles. The fourth-order valence-corrected chi connectivity index (χ4v) is 4.45. The second-order valence-electron chi connectivity index (χ2n) is 7.52. The van der Waals surface area contributed by atoms with Gasteiger partial charge in [0.15, 0.2) is 0 Å². The Morgan fingerprint density at radius 2 is 1.72 bits per heavy atom. The quantitative estimate of drug-likeness (QED) is 0.688. The first-order valence-corrected chi connectivity index (χ1v) is 11.5. The summed E-state index contributed by atoms with van der Waals surface area (Å²) in [6.45, 7) is 3.93. The summed E-state index contributed by atoms with van der Waals surface area (Å²) in [6, 6.07) is 12.4. The van der Waals surface area contributed by atoms with Crippen LogP contribution in [-0.2, 0) is 27.7 Å². The maximum absolute atomic E-state index is 12.5. The van der Waals surface area contributed by atoms with Gasteiger partial charge >= 0.3 is 0 Å². The van der Waals surface area contributed by atoms with Crippen molar-refractivity contribution in [3.05, 3.63) is 53.6 Å². The molecule has 0 saturated heterocycles. The molecule has 0 aromatic heterocycles. The summed E-state index contributed by atoms with van der Waals surface area (Å²) in [5.41, 5.74) is 2.99.